The van der Waals surface area contributed by atoms with Crippen molar-refractivity contribution < 1.29 is 14.6 Å². The summed E-state index contributed by atoms with van der Waals surface area (Å²) in [4.78, 5) is 10.5. The zero-order valence-electron chi connectivity index (χ0n) is 10.3. The molecule has 104 valence electrons. The summed E-state index contributed by atoms with van der Waals surface area (Å²) in [5.74, 6) is 0.515. The standard InChI is InChI=1S/C14H11ClINO3/c15-12-7-11(17-14(18)19)4-5-13(12)20-8-9-2-1-3-10(16)6-9/h1-7,17H,8H2,(H,18,19). The fraction of sp³-hybridized carbons (Fsp3) is 0.0714. The Morgan fingerprint density at radius 3 is 2.75 bits per heavy atom. The van der Waals surface area contributed by atoms with Crippen LogP contribution in [-0.2, 0) is 6.61 Å². The summed E-state index contributed by atoms with van der Waals surface area (Å²) in [5.41, 5.74) is 1.45. The van der Waals surface area contributed by atoms with Crippen LogP contribution >= 0.6 is 34.2 Å². The fourth-order valence-electron chi connectivity index (χ4n) is 1.61. The predicted molar refractivity (Wildman–Crippen MR) is 86.6 cm³/mol. The third-order valence-corrected chi connectivity index (χ3v) is 3.43. The molecule has 0 bridgehead atoms. The summed E-state index contributed by atoms with van der Waals surface area (Å²) in [5, 5.41) is 11.2. The molecule has 0 saturated heterocycles. The molecule has 0 aliphatic rings. The van der Waals surface area contributed by atoms with E-state index in [1.165, 1.54) is 6.07 Å². The third-order valence-electron chi connectivity index (χ3n) is 2.47. The fourth-order valence-corrected chi connectivity index (χ4v) is 2.45. The van der Waals surface area contributed by atoms with Crippen molar-refractivity contribution in [2.75, 3.05) is 5.32 Å². The quantitative estimate of drug-likeness (QED) is 0.733. The lowest BCUT2D eigenvalue weighted by Crippen LogP contribution is -2.07. The van der Waals surface area contributed by atoms with Crippen LogP contribution in [0.15, 0.2) is 42.5 Å². The minimum atomic E-state index is -1.13. The molecule has 0 radical (unpaired) electrons. The number of benzene rings is 2. The van der Waals surface area contributed by atoms with E-state index in [0.29, 0.717) is 23.1 Å². The number of halogens is 2. The van der Waals surface area contributed by atoms with Crippen LogP contribution in [0.5, 0.6) is 5.75 Å². The molecule has 2 N–H and O–H groups in total. The minimum absolute atomic E-state index is 0.363. The number of rotatable bonds is 4. The summed E-state index contributed by atoms with van der Waals surface area (Å²) < 4.78 is 6.76. The van der Waals surface area contributed by atoms with Crippen LogP contribution < -0.4 is 10.1 Å². The second kappa shape index (κ2) is 6.81. The number of carboxylic acid groups (broad SMARTS) is 1. The van der Waals surface area contributed by atoms with Crippen molar-refractivity contribution in [1.29, 1.82) is 0 Å². The molecule has 4 nitrogen and oxygen atoms in total. The largest absolute Gasteiger partial charge is 0.487 e. The molecule has 0 spiro atoms. The highest BCUT2D eigenvalue weighted by Gasteiger charge is 2.05. The van der Waals surface area contributed by atoms with E-state index < -0.39 is 6.09 Å². The molecule has 0 aliphatic heterocycles. The SMILES string of the molecule is O=C(O)Nc1ccc(OCc2cccc(I)c2)c(Cl)c1. The van der Waals surface area contributed by atoms with Crippen LogP contribution in [0.3, 0.4) is 0 Å². The molecule has 2 rings (SSSR count). The Morgan fingerprint density at radius 2 is 2.10 bits per heavy atom. The molecular formula is C14H11ClINO3. The monoisotopic (exact) mass is 403 g/mol. The van der Waals surface area contributed by atoms with E-state index in [1.807, 2.05) is 24.3 Å². The van der Waals surface area contributed by atoms with Gasteiger partial charge in [-0.3, -0.25) is 5.32 Å². The van der Waals surface area contributed by atoms with Crippen molar-refractivity contribution in [1.82, 2.24) is 0 Å². The molecule has 0 unspecified atom stereocenters. The molecule has 0 saturated carbocycles. The molecule has 2 aromatic carbocycles. The number of hydrogen-bond donors (Lipinski definition) is 2. The number of amides is 1. The van der Waals surface area contributed by atoms with Crippen LogP contribution in [-0.4, -0.2) is 11.2 Å². The Labute approximate surface area is 134 Å². The Morgan fingerprint density at radius 1 is 1.30 bits per heavy atom. The number of anilines is 1. The Kier molecular flexibility index (Phi) is 5.08. The van der Waals surface area contributed by atoms with E-state index >= 15 is 0 Å². The van der Waals surface area contributed by atoms with Crippen LogP contribution in [0.25, 0.3) is 0 Å². The van der Waals surface area contributed by atoms with E-state index in [4.69, 9.17) is 21.4 Å². The van der Waals surface area contributed by atoms with Crippen LogP contribution in [0.4, 0.5) is 10.5 Å². The van der Waals surface area contributed by atoms with Gasteiger partial charge in [-0.15, -0.1) is 0 Å². The first-order valence-electron chi connectivity index (χ1n) is 5.71. The second-order valence-electron chi connectivity index (χ2n) is 3.99. The van der Waals surface area contributed by atoms with Crippen LogP contribution in [0, 0.1) is 3.57 Å². The predicted octanol–water partition coefficient (Wildman–Crippen LogP) is 4.61. The summed E-state index contributed by atoms with van der Waals surface area (Å²) in [6.45, 7) is 0.405. The Bertz CT molecular complexity index is 634. The van der Waals surface area contributed by atoms with Gasteiger partial charge in [-0.2, -0.15) is 0 Å². The number of hydrogen-bond acceptors (Lipinski definition) is 2. The van der Waals surface area contributed by atoms with Crippen molar-refractivity contribution in [3.63, 3.8) is 0 Å². The Balaban J connectivity index is 2.04. The van der Waals surface area contributed by atoms with Gasteiger partial charge in [0.15, 0.2) is 0 Å². The molecule has 0 fully saturated rings. The van der Waals surface area contributed by atoms with E-state index in [0.717, 1.165) is 9.13 Å². The Hall–Kier alpha value is -1.47. The van der Waals surface area contributed by atoms with Crippen molar-refractivity contribution in [2.45, 2.75) is 6.61 Å². The average Bonchev–Trinajstić information content (AvgIpc) is 2.37. The lowest BCUT2D eigenvalue weighted by Gasteiger charge is -2.10. The average molecular weight is 404 g/mol. The van der Waals surface area contributed by atoms with Gasteiger partial charge in [-0.25, -0.2) is 4.79 Å². The van der Waals surface area contributed by atoms with Gasteiger partial charge in [0.05, 0.1) is 5.02 Å². The highest BCUT2D eigenvalue weighted by molar-refractivity contribution is 14.1. The summed E-state index contributed by atoms with van der Waals surface area (Å²) in [7, 11) is 0. The van der Waals surface area contributed by atoms with Gasteiger partial charge < -0.3 is 9.84 Å². The van der Waals surface area contributed by atoms with Gasteiger partial charge in [-0.05, 0) is 58.5 Å². The molecule has 6 heteroatoms. The van der Waals surface area contributed by atoms with Crippen molar-refractivity contribution >= 4 is 46.0 Å². The zero-order chi connectivity index (χ0) is 14.5. The maximum Gasteiger partial charge on any atom is 0.409 e. The second-order valence-corrected chi connectivity index (χ2v) is 5.65. The molecule has 20 heavy (non-hydrogen) atoms. The lowest BCUT2D eigenvalue weighted by molar-refractivity contribution is 0.209. The lowest BCUT2D eigenvalue weighted by atomic mass is 10.2. The van der Waals surface area contributed by atoms with Crippen LogP contribution in [0.1, 0.15) is 5.56 Å². The highest BCUT2D eigenvalue weighted by Crippen LogP contribution is 2.28. The summed E-state index contributed by atoms with van der Waals surface area (Å²) in [6.07, 6.45) is -1.13. The van der Waals surface area contributed by atoms with Gasteiger partial charge in [-0.1, -0.05) is 23.7 Å². The molecular weight excluding hydrogens is 393 g/mol. The number of ether oxygens (including phenoxy) is 1. The van der Waals surface area contributed by atoms with E-state index in [-0.39, 0.29) is 0 Å². The van der Waals surface area contributed by atoms with Crippen molar-refractivity contribution in [2.24, 2.45) is 0 Å². The van der Waals surface area contributed by atoms with E-state index in [9.17, 15) is 4.79 Å². The molecule has 0 heterocycles. The van der Waals surface area contributed by atoms with E-state index in [1.54, 1.807) is 12.1 Å². The van der Waals surface area contributed by atoms with Crippen LogP contribution in [0.2, 0.25) is 5.02 Å². The number of nitrogens with one attached hydrogen (secondary N) is 1. The minimum Gasteiger partial charge on any atom is -0.487 e. The topological polar surface area (TPSA) is 58.6 Å². The van der Waals surface area contributed by atoms with Crippen molar-refractivity contribution in [3.8, 4) is 5.75 Å². The molecule has 0 aromatic heterocycles. The maximum atomic E-state index is 10.5. The molecule has 2 aromatic rings. The van der Waals surface area contributed by atoms with Gasteiger partial charge in [0.2, 0.25) is 0 Å². The normalized spacial score (nSPS) is 10.1. The van der Waals surface area contributed by atoms with E-state index in [2.05, 4.69) is 27.9 Å². The summed E-state index contributed by atoms with van der Waals surface area (Å²) in [6, 6.07) is 12.7. The first kappa shape index (κ1) is 14.9. The van der Waals surface area contributed by atoms with Crippen molar-refractivity contribution in [3.05, 3.63) is 56.6 Å². The smallest absolute Gasteiger partial charge is 0.409 e. The van der Waals surface area contributed by atoms with Gasteiger partial charge >= 0.3 is 6.09 Å². The first-order chi connectivity index (χ1) is 9.54. The van der Waals surface area contributed by atoms with Gasteiger partial charge in [0.25, 0.3) is 0 Å². The van der Waals surface area contributed by atoms with Gasteiger partial charge in [0.1, 0.15) is 12.4 Å². The summed E-state index contributed by atoms with van der Waals surface area (Å²) >= 11 is 8.29. The third kappa shape index (κ3) is 4.28. The number of carbonyl (C=O) groups is 1. The molecule has 0 atom stereocenters. The highest BCUT2D eigenvalue weighted by atomic mass is 127. The first-order valence-corrected chi connectivity index (χ1v) is 7.17. The molecule has 0 aliphatic carbocycles. The van der Waals surface area contributed by atoms with Gasteiger partial charge in [0, 0.05) is 9.26 Å². The maximum absolute atomic E-state index is 10.5. The zero-order valence-corrected chi connectivity index (χ0v) is 13.2. The molecule has 1 amide bonds.